The Morgan fingerprint density at radius 3 is 2.74 bits per heavy atom. The summed E-state index contributed by atoms with van der Waals surface area (Å²) in [5.74, 6) is -0.0519. The minimum Gasteiger partial charge on any atom is -0.301 e. The first kappa shape index (κ1) is 17.6. The van der Waals surface area contributed by atoms with Crippen LogP contribution in [0.15, 0.2) is 9.95 Å². The molecule has 0 bridgehead atoms. The number of amides is 1. The standard InChI is InChI=1S/C14H19N5O2S2/c1-4-6-10-9(5-2)12(21)17-13(15-10)22-7-11(20)16-14-19-18-8(3)23-14/h4-7H2,1-3H3,(H,15,17,21)(H,16,19,20). The van der Waals surface area contributed by atoms with Crippen LogP contribution >= 0.6 is 23.1 Å². The quantitative estimate of drug-likeness (QED) is 0.584. The van der Waals surface area contributed by atoms with Gasteiger partial charge in [0.05, 0.1) is 11.4 Å². The molecular formula is C14H19N5O2S2. The lowest BCUT2D eigenvalue weighted by Gasteiger charge is -2.07. The van der Waals surface area contributed by atoms with Gasteiger partial charge in [0.2, 0.25) is 11.0 Å². The summed E-state index contributed by atoms with van der Waals surface area (Å²) in [5.41, 5.74) is 1.43. The molecule has 2 heterocycles. The Balaban J connectivity index is 2.02. The number of aryl methyl sites for hydroxylation is 2. The van der Waals surface area contributed by atoms with E-state index in [1.165, 1.54) is 23.1 Å². The van der Waals surface area contributed by atoms with Gasteiger partial charge in [0.1, 0.15) is 5.01 Å². The maximum Gasteiger partial charge on any atom is 0.254 e. The number of nitrogens with zero attached hydrogens (tertiary/aromatic N) is 3. The summed E-state index contributed by atoms with van der Waals surface area (Å²) in [6.07, 6.45) is 2.33. The van der Waals surface area contributed by atoms with Gasteiger partial charge in [0.25, 0.3) is 5.56 Å². The predicted octanol–water partition coefficient (Wildman–Crippen LogP) is 2.18. The third kappa shape index (κ3) is 4.87. The number of thioether (sulfide) groups is 1. The van der Waals surface area contributed by atoms with Crippen LogP contribution in [0.25, 0.3) is 0 Å². The molecule has 2 rings (SSSR count). The molecule has 0 spiro atoms. The van der Waals surface area contributed by atoms with E-state index in [0.717, 1.165) is 29.1 Å². The molecule has 0 fully saturated rings. The molecule has 0 saturated heterocycles. The average molecular weight is 353 g/mol. The number of carbonyl (C=O) groups excluding carboxylic acids is 1. The van der Waals surface area contributed by atoms with Crippen molar-refractivity contribution < 1.29 is 4.79 Å². The molecule has 2 aromatic rings. The number of aromatic nitrogens is 4. The summed E-state index contributed by atoms with van der Waals surface area (Å²) in [4.78, 5) is 31.2. The fourth-order valence-electron chi connectivity index (χ4n) is 2.03. The van der Waals surface area contributed by atoms with Crippen molar-refractivity contribution in [3.8, 4) is 0 Å². The number of rotatable bonds is 7. The van der Waals surface area contributed by atoms with Gasteiger partial charge in [-0.2, -0.15) is 0 Å². The minimum atomic E-state index is -0.203. The van der Waals surface area contributed by atoms with Gasteiger partial charge in [-0.05, 0) is 19.8 Å². The third-order valence-corrected chi connectivity index (χ3v) is 4.66. The van der Waals surface area contributed by atoms with Crippen molar-refractivity contribution in [2.75, 3.05) is 11.1 Å². The molecule has 0 aromatic carbocycles. The normalized spacial score (nSPS) is 10.7. The molecule has 0 aliphatic rings. The molecule has 0 unspecified atom stereocenters. The Hall–Kier alpha value is -1.74. The van der Waals surface area contributed by atoms with E-state index in [1.54, 1.807) is 0 Å². The van der Waals surface area contributed by atoms with Gasteiger partial charge in [0.15, 0.2) is 5.16 Å². The van der Waals surface area contributed by atoms with Crippen molar-refractivity contribution in [1.29, 1.82) is 0 Å². The Morgan fingerprint density at radius 2 is 2.13 bits per heavy atom. The van der Waals surface area contributed by atoms with E-state index < -0.39 is 0 Å². The van der Waals surface area contributed by atoms with E-state index >= 15 is 0 Å². The fourth-order valence-corrected chi connectivity index (χ4v) is 3.32. The highest BCUT2D eigenvalue weighted by Gasteiger charge is 2.12. The smallest absolute Gasteiger partial charge is 0.254 e. The van der Waals surface area contributed by atoms with Crippen LogP contribution in [0.3, 0.4) is 0 Å². The van der Waals surface area contributed by atoms with Crippen molar-refractivity contribution in [1.82, 2.24) is 20.2 Å². The lowest BCUT2D eigenvalue weighted by molar-refractivity contribution is -0.113. The Morgan fingerprint density at radius 1 is 1.35 bits per heavy atom. The maximum absolute atomic E-state index is 12.1. The molecule has 7 nitrogen and oxygen atoms in total. The molecular weight excluding hydrogens is 334 g/mol. The van der Waals surface area contributed by atoms with E-state index in [2.05, 4.69) is 25.5 Å². The lowest BCUT2D eigenvalue weighted by atomic mass is 10.1. The number of anilines is 1. The highest BCUT2D eigenvalue weighted by atomic mass is 32.2. The van der Waals surface area contributed by atoms with Crippen molar-refractivity contribution in [3.63, 3.8) is 0 Å². The van der Waals surface area contributed by atoms with Crippen molar-refractivity contribution in [2.45, 2.75) is 45.2 Å². The van der Waals surface area contributed by atoms with Gasteiger partial charge in [-0.1, -0.05) is 43.4 Å². The molecule has 124 valence electrons. The van der Waals surface area contributed by atoms with Gasteiger partial charge in [-0.3, -0.25) is 14.9 Å². The molecule has 0 aliphatic heterocycles. The zero-order chi connectivity index (χ0) is 16.8. The summed E-state index contributed by atoms with van der Waals surface area (Å²) < 4.78 is 0. The first-order valence-electron chi connectivity index (χ1n) is 7.38. The van der Waals surface area contributed by atoms with Gasteiger partial charge >= 0.3 is 0 Å². The number of nitrogens with one attached hydrogen (secondary N) is 2. The van der Waals surface area contributed by atoms with Crippen LogP contribution in [-0.4, -0.2) is 31.8 Å². The summed E-state index contributed by atoms with van der Waals surface area (Å²) in [6, 6.07) is 0. The number of hydrogen-bond donors (Lipinski definition) is 2. The summed E-state index contributed by atoms with van der Waals surface area (Å²) >= 11 is 2.52. The Bertz CT molecular complexity index is 741. The molecule has 23 heavy (non-hydrogen) atoms. The van der Waals surface area contributed by atoms with Crippen molar-refractivity contribution in [2.24, 2.45) is 0 Å². The van der Waals surface area contributed by atoms with Gasteiger partial charge in [-0.25, -0.2) is 4.98 Å². The molecule has 2 aromatic heterocycles. The van der Waals surface area contributed by atoms with E-state index in [0.29, 0.717) is 16.7 Å². The summed E-state index contributed by atoms with van der Waals surface area (Å²) in [5, 5.41) is 12.1. The third-order valence-electron chi connectivity index (χ3n) is 3.03. The number of hydrogen-bond acceptors (Lipinski definition) is 7. The highest BCUT2D eigenvalue weighted by molar-refractivity contribution is 7.99. The van der Waals surface area contributed by atoms with Crippen LogP contribution in [0.5, 0.6) is 0 Å². The fraction of sp³-hybridized carbons (Fsp3) is 0.500. The monoisotopic (exact) mass is 353 g/mol. The lowest BCUT2D eigenvalue weighted by Crippen LogP contribution is -2.19. The molecule has 9 heteroatoms. The second-order valence-electron chi connectivity index (χ2n) is 4.86. The van der Waals surface area contributed by atoms with Crippen LogP contribution in [0.2, 0.25) is 0 Å². The van der Waals surface area contributed by atoms with Crippen molar-refractivity contribution in [3.05, 3.63) is 26.6 Å². The van der Waals surface area contributed by atoms with E-state index in [9.17, 15) is 9.59 Å². The van der Waals surface area contributed by atoms with Crippen LogP contribution in [-0.2, 0) is 17.6 Å². The van der Waals surface area contributed by atoms with Crippen molar-refractivity contribution >= 4 is 34.1 Å². The number of H-pyrrole nitrogens is 1. The second-order valence-corrected chi connectivity index (χ2v) is 7.01. The zero-order valence-electron chi connectivity index (χ0n) is 13.3. The largest absolute Gasteiger partial charge is 0.301 e. The predicted molar refractivity (Wildman–Crippen MR) is 92.2 cm³/mol. The molecule has 0 aliphatic carbocycles. The van der Waals surface area contributed by atoms with Crippen LogP contribution < -0.4 is 10.9 Å². The molecule has 0 radical (unpaired) electrons. The SMILES string of the molecule is CCCc1nc(SCC(=O)Nc2nnc(C)s2)[nH]c(=O)c1CC. The van der Waals surface area contributed by atoms with Crippen LogP contribution in [0.4, 0.5) is 5.13 Å². The van der Waals surface area contributed by atoms with E-state index in [-0.39, 0.29) is 17.2 Å². The number of carbonyl (C=O) groups is 1. The van der Waals surface area contributed by atoms with Crippen LogP contribution in [0.1, 0.15) is 36.5 Å². The first-order valence-corrected chi connectivity index (χ1v) is 9.18. The van der Waals surface area contributed by atoms with E-state index in [4.69, 9.17) is 0 Å². The highest BCUT2D eigenvalue weighted by Crippen LogP contribution is 2.17. The average Bonchev–Trinajstić information content (AvgIpc) is 2.90. The van der Waals surface area contributed by atoms with Gasteiger partial charge in [0, 0.05) is 5.56 Å². The van der Waals surface area contributed by atoms with E-state index in [1.807, 2.05) is 20.8 Å². The van der Waals surface area contributed by atoms with Crippen LogP contribution in [0, 0.1) is 6.92 Å². The molecule has 0 atom stereocenters. The summed E-state index contributed by atoms with van der Waals surface area (Å²) in [7, 11) is 0. The second kappa shape index (κ2) is 8.21. The summed E-state index contributed by atoms with van der Waals surface area (Å²) in [6.45, 7) is 5.81. The molecule has 0 saturated carbocycles. The maximum atomic E-state index is 12.1. The Labute approximate surface area is 142 Å². The number of aromatic amines is 1. The molecule has 2 N–H and O–H groups in total. The topological polar surface area (TPSA) is 101 Å². The zero-order valence-corrected chi connectivity index (χ0v) is 14.9. The van der Waals surface area contributed by atoms with Gasteiger partial charge < -0.3 is 4.98 Å². The Kier molecular flexibility index (Phi) is 6.28. The molecule has 1 amide bonds. The minimum absolute atomic E-state index is 0.117. The van der Waals surface area contributed by atoms with Gasteiger partial charge in [-0.15, -0.1) is 10.2 Å². The first-order chi connectivity index (χ1) is 11.0.